The molecule has 1 aliphatic rings. The minimum Gasteiger partial charge on any atom is -0.422 e. The summed E-state index contributed by atoms with van der Waals surface area (Å²) in [6, 6.07) is 14.0. The molecule has 0 fully saturated rings. The SMILES string of the molecule is C[C@@H]1CCc2nc(-c3cc4c(ccc5ccccc54)oc3=O)sc2C1. The van der Waals surface area contributed by atoms with Crippen molar-refractivity contribution in [3.8, 4) is 10.6 Å². The molecule has 5 rings (SSSR count). The number of aromatic nitrogens is 1. The van der Waals surface area contributed by atoms with E-state index in [1.165, 1.54) is 11.3 Å². The van der Waals surface area contributed by atoms with Gasteiger partial charge >= 0.3 is 5.63 Å². The van der Waals surface area contributed by atoms with Crippen molar-refractivity contribution in [2.24, 2.45) is 5.92 Å². The van der Waals surface area contributed by atoms with Gasteiger partial charge in [0.25, 0.3) is 0 Å². The summed E-state index contributed by atoms with van der Waals surface area (Å²) in [5.74, 6) is 0.692. The van der Waals surface area contributed by atoms with E-state index in [1.54, 1.807) is 11.3 Å². The standard InChI is InChI=1S/C21H17NO2S/c1-12-6-8-17-19(10-12)25-20(22-17)16-11-15-14-5-3-2-4-13(14)7-9-18(15)24-21(16)23/h2-5,7,9,11-12H,6,8,10H2,1H3/t12-/m1/s1. The second-order valence-corrected chi connectivity index (χ2v) is 7.97. The first kappa shape index (κ1) is 14.8. The van der Waals surface area contributed by atoms with Crippen LogP contribution in [-0.4, -0.2) is 4.98 Å². The number of rotatable bonds is 1. The molecule has 0 N–H and O–H groups in total. The largest absolute Gasteiger partial charge is 0.422 e. The maximum absolute atomic E-state index is 12.5. The Morgan fingerprint density at radius 2 is 2.04 bits per heavy atom. The Labute approximate surface area is 148 Å². The van der Waals surface area contributed by atoms with E-state index in [-0.39, 0.29) is 5.63 Å². The Kier molecular flexibility index (Phi) is 3.28. The van der Waals surface area contributed by atoms with Crippen LogP contribution in [0.2, 0.25) is 0 Å². The minimum atomic E-state index is -0.304. The lowest BCUT2D eigenvalue weighted by Gasteiger charge is -2.15. The van der Waals surface area contributed by atoms with Crippen molar-refractivity contribution < 1.29 is 4.42 Å². The lowest BCUT2D eigenvalue weighted by Crippen LogP contribution is -2.09. The van der Waals surface area contributed by atoms with Gasteiger partial charge in [0.1, 0.15) is 10.6 Å². The number of hydrogen-bond donors (Lipinski definition) is 0. The van der Waals surface area contributed by atoms with Crippen LogP contribution in [0, 0.1) is 5.92 Å². The van der Waals surface area contributed by atoms with Crippen LogP contribution >= 0.6 is 11.3 Å². The molecule has 0 aliphatic heterocycles. The van der Waals surface area contributed by atoms with Crippen molar-refractivity contribution in [2.45, 2.75) is 26.2 Å². The summed E-state index contributed by atoms with van der Waals surface area (Å²) in [5, 5.41) is 4.00. The van der Waals surface area contributed by atoms with Crippen LogP contribution in [0.15, 0.2) is 51.7 Å². The Morgan fingerprint density at radius 1 is 1.16 bits per heavy atom. The summed E-state index contributed by atoms with van der Waals surface area (Å²) in [6.07, 6.45) is 3.25. The zero-order valence-electron chi connectivity index (χ0n) is 13.9. The van der Waals surface area contributed by atoms with Gasteiger partial charge in [-0.2, -0.15) is 0 Å². The van der Waals surface area contributed by atoms with E-state index in [0.717, 1.165) is 39.7 Å². The molecule has 0 amide bonds. The molecule has 2 aromatic carbocycles. The maximum Gasteiger partial charge on any atom is 0.346 e. The molecule has 0 saturated carbocycles. The average Bonchev–Trinajstić information content (AvgIpc) is 3.03. The van der Waals surface area contributed by atoms with Crippen molar-refractivity contribution in [3.05, 3.63) is 63.5 Å². The van der Waals surface area contributed by atoms with Crippen molar-refractivity contribution in [2.75, 3.05) is 0 Å². The smallest absolute Gasteiger partial charge is 0.346 e. The first-order valence-electron chi connectivity index (χ1n) is 8.63. The first-order chi connectivity index (χ1) is 12.2. The number of fused-ring (bicyclic) bond motifs is 4. The fraction of sp³-hybridized carbons (Fsp3) is 0.238. The number of benzene rings is 2. The Hall–Kier alpha value is -2.46. The van der Waals surface area contributed by atoms with E-state index in [2.05, 4.69) is 19.1 Å². The summed E-state index contributed by atoms with van der Waals surface area (Å²) >= 11 is 1.65. The molecule has 0 saturated heterocycles. The zero-order valence-corrected chi connectivity index (χ0v) is 14.7. The van der Waals surface area contributed by atoms with E-state index in [0.29, 0.717) is 17.1 Å². The molecule has 1 aliphatic carbocycles. The topological polar surface area (TPSA) is 43.1 Å². The molecule has 3 nitrogen and oxygen atoms in total. The third-order valence-electron chi connectivity index (χ3n) is 5.06. The van der Waals surface area contributed by atoms with Crippen molar-refractivity contribution in [3.63, 3.8) is 0 Å². The highest BCUT2D eigenvalue weighted by atomic mass is 32.1. The predicted octanol–water partition coefficient (Wildman–Crippen LogP) is 5.19. The lowest BCUT2D eigenvalue weighted by molar-refractivity contribution is 0.502. The van der Waals surface area contributed by atoms with Gasteiger partial charge in [0.15, 0.2) is 0 Å². The molecule has 4 heteroatoms. The zero-order chi connectivity index (χ0) is 17.0. The molecule has 25 heavy (non-hydrogen) atoms. The number of thiazole rings is 1. The monoisotopic (exact) mass is 347 g/mol. The summed E-state index contributed by atoms with van der Waals surface area (Å²) in [4.78, 5) is 18.6. The van der Waals surface area contributed by atoms with Gasteiger partial charge in [-0.1, -0.05) is 37.3 Å². The van der Waals surface area contributed by atoms with E-state index in [4.69, 9.17) is 9.40 Å². The Bertz CT molecular complexity index is 1170. The van der Waals surface area contributed by atoms with E-state index in [1.807, 2.05) is 30.3 Å². The third kappa shape index (κ3) is 2.40. The summed E-state index contributed by atoms with van der Waals surface area (Å²) in [7, 11) is 0. The van der Waals surface area contributed by atoms with Crippen LogP contribution in [0.4, 0.5) is 0 Å². The molecule has 2 aromatic heterocycles. The first-order valence-corrected chi connectivity index (χ1v) is 9.45. The van der Waals surface area contributed by atoms with Crippen LogP contribution in [0.1, 0.15) is 23.9 Å². The maximum atomic E-state index is 12.5. The van der Waals surface area contributed by atoms with Crippen LogP contribution < -0.4 is 5.63 Å². The van der Waals surface area contributed by atoms with E-state index >= 15 is 0 Å². The van der Waals surface area contributed by atoms with Crippen LogP contribution in [-0.2, 0) is 12.8 Å². The fourth-order valence-corrected chi connectivity index (χ4v) is 4.95. The third-order valence-corrected chi connectivity index (χ3v) is 6.21. The number of aryl methyl sites for hydroxylation is 1. The van der Waals surface area contributed by atoms with Gasteiger partial charge in [-0.15, -0.1) is 11.3 Å². The molecular weight excluding hydrogens is 330 g/mol. The molecule has 124 valence electrons. The Balaban J connectivity index is 1.75. The highest BCUT2D eigenvalue weighted by molar-refractivity contribution is 7.15. The van der Waals surface area contributed by atoms with Crippen molar-refractivity contribution >= 4 is 33.1 Å². The fourth-order valence-electron chi connectivity index (χ4n) is 3.68. The minimum absolute atomic E-state index is 0.304. The van der Waals surface area contributed by atoms with Crippen LogP contribution in [0.5, 0.6) is 0 Å². The van der Waals surface area contributed by atoms with Gasteiger partial charge in [-0.25, -0.2) is 9.78 Å². The number of hydrogen-bond acceptors (Lipinski definition) is 4. The van der Waals surface area contributed by atoms with Crippen LogP contribution in [0.3, 0.4) is 0 Å². The number of nitrogens with zero attached hydrogens (tertiary/aromatic N) is 1. The average molecular weight is 347 g/mol. The summed E-state index contributed by atoms with van der Waals surface area (Å²) < 4.78 is 5.62. The summed E-state index contributed by atoms with van der Waals surface area (Å²) in [5.41, 5.74) is 2.07. The van der Waals surface area contributed by atoms with E-state index in [9.17, 15) is 4.79 Å². The van der Waals surface area contributed by atoms with Gasteiger partial charge < -0.3 is 4.42 Å². The van der Waals surface area contributed by atoms with Gasteiger partial charge in [0.05, 0.1) is 11.3 Å². The highest BCUT2D eigenvalue weighted by Crippen LogP contribution is 2.35. The highest BCUT2D eigenvalue weighted by Gasteiger charge is 2.22. The second kappa shape index (κ2) is 5.53. The van der Waals surface area contributed by atoms with Crippen molar-refractivity contribution in [1.82, 2.24) is 4.98 Å². The Morgan fingerprint density at radius 3 is 2.96 bits per heavy atom. The van der Waals surface area contributed by atoms with Crippen LogP contribution in [0.25, 0.3) is 32.3 Å². The molecule has 2 heterocycles. The van der Waals surface area contributed by atoms with Gasteiger partial charge in [0, 0.05) is 10.3 Å². The lowest BCUT2D eigenvalue weighted by atomic mass is 9.93. The molecule has 0 unspecified atom stereocenters. The molecule has 0 bridgehead atoms. The van der Waals surface area contributed by atoms with Gasteiger partial charge in [0.2, 0.25) is 0 Å². The predicted molar refractivity (Wildman–Crippen MR) is 102 cm³/mol. The van der Waals surface area contributed by atoms with Gasteiger partial charge in [-0.05, 0) is 48.1 Å². The van der Waals surface area contributed by atoms with E-state index < -0.39 is 0 Å². The quantitative estimate of drug-likeness (QED) is 0.351. The second-order valence-electron chi connectivity index (χ2n) is 6.88. The molecule has 1 atom stereocenters. The molecular formula is C21H17NO2S. The summed E-state index contributed by atoms with van der Waals surface area (Å²) in [6.45, 7) is 2.28. The normalized spacial score (nSPS) is 17.1. The molecule has 0 radical (unpaired) electrons. The molecule has 0 spiro atoms. The van der Waals surface area contributed by atoms with Gasteiger partial charge in [-0.3, -0.25) is 0 Å². The van der Waals surface area contributed by atoms with Crippen molar-refractivity contribution in [1.29, 1.82) is 0 Å². The molecule has 4 aromatic rings.